The normalized spacial score (nSPS) is 18.9. The Morgan fingerprint density at radius 2 is 1.45 bits per heavy atom. The Morgan fingerprint density at radius 3 is 1.50 bits per heavy atom. The van der Waals surface area contributed by atoms with Crippen molar-refractivity contribution >= 4 is 20.0 Å². The van der Waals surface area contributed by atoms with Crippen LogP contribution in [0.4, 0.5) is 0 Å². The zero-order valence-corrected chi connectivity index (χ0v) is 13.5. The molecule has 0 aliphatic carbocycles. The molecule has 9 heteroatoms. The number of aliphatic carboxylic acids is 2. The predicted molar refractivity (Wildman–Crippen MR) is 76.9 cm³/mol. The third kappa shape index (κ3) is 6.44. The van der Waals surface area contributed by atoms with E-state index >= 15 is 0 Å². The molecule has 0 bridgehead atoms. The van der Waals surface area contributed by atoms with E-state index in [1.165, 1.54) is 13.8 Å². The molecule has 0 amide bonds. The van der Waals surface area contributed by atoms with Gasteiger partial charge in [-0.1, -0.05) is 19.6 Å². The fourth-order valence-corrected chi connectivity index (χ4v) is 1.97. The summed E-state index contributed by atoms with van der Waals surface area (Å²) in [6.45, 7) is 8.48. The van der Waals surface area contributed by atoms with Crippen molar-refractivity contribution in [1.82, 2.24) is 0 Å². The van der Waals surface area contributed by atoms with Crippen LogP contribution in [0.1, 0.15) is 13.8 Å². The lowest BCUT2D eigenvalue weighted by Crippen LogP contribution is -2.63. The van der Waals surface area contributed by atoms with Crippen LogP contribution in [0.25, 0.3) is 0 Å². The molecule has 0 radical (unpaired) electrons. The van der Waals surface area contributed by atoms with E-state index in [2.05, 4.69) is 0 Å². The summed E-state index contributed by atoms with van der Waals surface area (Å²) in [6, 6.07) is -2.35. The van der Waals surface area contributed by atoms with Crippen molar-refractivity contribution in [3.8, 4) is 0 Å². The SMILES string of the molecule is C[C@@H](O)[C@H](N)C(=O)O.C[C@@](O)([C@H](N)C(=O)O)[Si](C)(C)C. The first-order valence-corrected chi connectivity index (χ1v) is 9.53. The third-order valence-electron chi connectivity index (χ3n) is 3.19. The summed E-state index contributed by atoms with van der Waals surface area (Å²) < 4.78 is 0. The summed E-state index contributed by atoms with van der Waals surface area (Å²) >= 11 is 0. The second kappa shape index (κ2) is 7.69. The number of carbonyl (C=O) groups is 2. The molecule has 0 saturated heterocycles. The molecular formula is C11H26N2O6Si. The van der Waals surface area contributed by atoms with Crippen LogP contribution in [0.15, 0.2) is 0 Å². The van der Waals surface area contributed by atoms with E-state index in [9.17, 15) is 14.7 Å². The minimum Gasteiger partial charge on any atom is -0.480 e. The maximum Gasteiger partial charge on any atom is 0.323 e. The highest BCUT2D eigenvalue weighted by Crippen LogP contribution is 2.22. The zero-order valence-electron chi connectivity index (χ0n) is 12.5. The van der Waals surface area contributed by atoms with Gasteiger partial charge in [-0.15, -0.1) is 0 Å². The van der Waals surface area contributed by atoms with Crippen molar-refractivity contribution < 1.29 is 30.0 Å². The van der Waals surface area contributed by atoms with Gasteiger partial charge in [-0.25, -0.2) is 0 Å². The molecule has 4 atom stereocenters. The molecule has 0 aliphatic heterocycles. The molecule has 0 spiro atoms. The Bertz CT molecular complexity index is 340. The van der Waals surface area contributed by atoms with Gasteiger partial charge >= 0.3 is 11.9 Å². The maximum absolute atomic E-state index is 10.5. The van der Waals surface area contributed by atoms with Crippen LogP contribution in [0.5, 0.6) is 0 Å². The van der Waals surface area contributed by atoms with Gasteiger partial charge in [-0.05, 0) is 13.8 Å². The lowest BCUT2D eigenvalue weighted by Gasteiger charge is -2.38. The lowest BCUT2D eigenvalue weighted by molar-refractivity contribution is -0.142. The second-order valence-corrected chi connectivity index (χ2v) is 11.3. The summed E-state index contributed by atoms with van der Waals surface area (Å²) in [5.74, 6) is -2.33. The average molecular weight is 310 g/mol. The van der Waals surface area contributed by atoms with Gasteiger partial charge in [0.1, 0.15) is 12.1 Å². The second-order valence-electron chi connectivity index (χ2n) is 5.82. The molecule has 0 aliphatic rings. The largest absolute Gasteiger partial charge is 0.480 e. The van der Waals surface area contributed by atoms with Crippen molar-refractivity contribution in [2.75, 3.05) is 0 Å². The molecule has 120 valence electrons. The number of nitrogens with two attached hydrogens (primary N) is 2. The topological polar surface area (TPSA) is 167 Å². The molecule has 0 aromatic heterocycles. The third-order valence-corrected chi connectivity index (χ3v) is 6.54. The Kier molecular flexibility index (Phi) is 8.19. The molecule has 0 unspecified atom stereocenters. The van der Waals surface area contributed by atoms with Gasteiger partial charge in [0.2, 0.25) is 0 Å². The average Bonchev–Trinajstić information content (AvgIpc) is 2.25. The molecule has 8 N–H and O–H groups in total. The van der Waals surface area contributed by atoms with E-state index in [-0.39, 0.29) is 0 Å². The standard InChI is InChI=1S/C7H17NO3Si.C4H9NO3/c1-7(11,12(2,3)4)5(8)6(9)10;1-2(6)3(5)4(7)8/h5,11H,8H2,1-4H3,(H,9,10);2-3,6H,5H2,1H3,(H,7,8)/t5-,7+;2-,3+/m11/s1. The van der Waals surface area contributed by atoms with Crippen molar-refractivity contribution in [3.63, 3.8) is 0 Å². The molecule has 20 heavy (non-hydrogen) atoms. The minimum atomic E-state index is -1.96. The van der Waals surface area contributed by atoms with E-state index in [0.29, 0.717) is 0 Å². The van der Waals surface area contributed by atoms with Crippen LogP contribution in [-0.2, 0) is 9.59 Å². The van der Waals surface area contributed by atoms with Crippen LogP contribution >= 0.6 is 0 Å². The highest BCUT2D eigenvalue weighted by Gasteiger charge is 2.45. The Morgan fingerprint density at radius 1 is 1.10 bits per heavy atom. The molecule has 0 saturated carbocycles. The van der Waals surface area contributed by atoms with Gasteiger partial charge in [0.05, 0.1) is 19.4 Å². The number of hydrogen-bond donors (Lipinski definition) is 6. The van der Waals surface area contributed by atoms with Crippen LogP contribution < -0.4 is 11.5 Å². The summed E-state index contributed by atoms with van der Waals surface area (Å²) in [5, 5.41) is 33.8. The van der Waals surface area contributed by atoms with Gasteiger partial charge in [-0.2, -0.15) is 0 Å². The Hall–Kier alpha value is -1.00. The highest BCUT2D eigenvalue weighted by atomic mass is 28.3. The van der Waals surface area contributed by atoms with Crippen molar-refractivity contribution in [1.29, 1.82) is 0 Å². The van der Waals surface area contributed by atoms with Gasteiger partial charge in [0.25, 0.3) is 0 Å². The molecular weight excluding hydrogens is 284 g/mol. The molecule has 8 nitrogen and oxygen atoms in total. The fraction of sp³-hybridized carbons (Fsp3) is 0.818. The van der Waals surface area contributed by atoms with Gasteiger partial charge in [0.15, 0.2) is 0 Å². The molecule has 0 fully saturated rings. The van der Waals surface area contributed by atoms with E-state index in [4.69, 9.17) is 26.8 Å². The summed E-state index contributed by atoms with van der Waals surface area (Å²) in [7, 11) is -1.96. The number of hydrogen-bond acceptors (Lipinski definition) is 6. The zero-order chi connectivity index (χ0) is 16.9. The fourth-order valence-electron chi connectivity index (χ4n) is 0.913. The van der Waals surface area contributed by atoms with Crippen LogP contribution in [0, 0.1) is 0 Å². The van der Waals surface area contributed by atoms with Gasteiger partial charge in [-0.3, -0.25) is 9.59 Å². The Balaban J connectivity index is 0. The van der Waals surface area contributed by atoms with E-state index in [1.807, 2.05) is 19.6 Å². The monoisotopic (exact) mass is 310 g/mol. The van der Waals surface area contributed by atoms with E-state index < -0.39 is 43.4 Å². The van der Waals surface area contributed by atoms with E-state index in [1.54, 1.807) is 0 Å². The number of carboxylic acids is 2. The lowest BCUT2D eigenvalue weighted by atomic mass is 10.2. The first-order valence-electron chi connectivity index (χ1n) is 6.03. The van der Waals surface area contributed by atoms with Crippen molar-refractivity contribution in [2.45, 2.75) is 56.9 Å². The molecule has 0 rings (SSSR count). The van der Waals surface area contributed by atoms with Crippen molar-refractivity contribution in [2.24, 2.45) is 11.5 Å². The van der Waals surface area contributed by atoms with Gasteiger partial charge < -0.3 is 31.9 Å². The van der Waals surface area contributed by atoms with Crippen LogP contribution in [-0.4, -0.2) is 63.9 Å². The van der Waals surface area contributed by atoms with Gasteiger partial charge in [0, 0.05) is 0 Å². The minimum absolute atomic E-state index is 0.979. The first kappa shape index (κ1) is 21.3. The van der Waals surface area contributed by atoms with E-state index in [0.717, 1.165) is 0 Å². The molecule has 0 aromatic rings. The van der Waals surface area contributed by atoms with Crippen LogP contribution in [0.3, 0.4) is 0 Å². The predicted octanol–water partition coefficient (Wildman–Crippen LogP) is -1.19. The van der Waals surface area contributed by atoms with Crippen LogP contribution in [0.2, 0.25) is 19.6 Å². The quantitative estimate of drug-likeness (QED) is 0.344. The Labute approximate surface area is 119 Å². The summed E-state index contributed by atoms with van der Waals surface area (Å²) in [4.78, 5) is 20.4. The first-order chi connectivity index (χ1) is 8.66. The summed E-state index contributed by atoms with van der Waals surface area (Å²) in [6.07, 6.45) is -0.979. The number of rotatable bonds is 5. The molecule has 0 aromatic carbocycles. The number of aliphatic hydroxyl groups excluding tert-OH is 1. The maximum atomic E-state index is 10.5. The highest BCUT2D eigenvalue weighted by molar-refractivity contribution is 6.79. The number of aliphatic hydroxyl groups is 2. The smallest absolute Gasteiger partial charge is 0.323 e. The summed E-state index contributed by atoms with van der Waals surface area (Å²) in [5.41, 5.74) is 10.3. The number of carboxylic acid groups (broad SMARTS) is 2. The molecule has 0 heterocycles. The van der Waals surface area contributed by atoms with Crippen molar-refractivity contribution in [3.05, 3.63) is 0 Å².